The number of carboxylic acid groups (broad SMARTS) is 1. The van der Waals surface area contributed by atoms with E-state index in [1.54, 1.807) is 43.0 Å². The van der Waals surface area contributed by atoms with E-state index in [1.807, 2.05) is 32.0 Å². The van der Waals surface area contributed by atoms with E-state index in [4.69, 9.17) is 9.47 Å². The Morgan fingerprint density at radius 2 is 1.74 bits per heavy atom. The third-order valence-corrected chi connectivity index (χ3v) is 7.93. The van der Waals surface area contributed by atoms with Crippen LogP contribution >= 0.6 is 0 Å². The Labute approximate surface area is 228 Å². The van der Waals surface area contributed by atoms with Crippen LogP contribution in [0, 0.1) is 6.92 Å². The number of benzene rings is 3. The highest BCUT2D eigenvalue weighted by Crippen LogP contribution is 2.37. The number of hydrogen-bond acceptors (Lipinski definition) is 5. The molecule has 2 N–H and O–H groups in total. The van der Waals surface area contributed by atoms with Gasteiger partial charge in [-0.1, -0.05) is 42.5 Å². The number of carbonyl (C=O) groups is 1. The molecule has 202 valence electrons. The van der Waals surface area contributed by atoms with Crippen LogP contribution in [0.5, 0.6) is 0 Å². The SMILES string of the molecule is COC1(c2ccc(-c3cc4c(C(C)Nc5ccccc5C(=O)O)cc(C)cc4c(=O)n3C)cc2)CCOCC1. The van der Waals surface area contributed by atoms with Gasteiger partial charge in [-0.15, -0.1) is 0 Å². The third kappa shape index (κ3) is 4.95. The molecule has 0 saturated carbocycles. The Bertz CT molecular complexity index is 1580. The maximum atomic E-state index is 13.6. The minimum atomic E-state index is -0.991. The Morgan fingerprint density at radius 1 is 1.05 bits per heavy atom. The molecule has 1 aliphatic rings. The highest BCUT2D eigenvalue weighted by Gasteiger charge is 2.34. The molecule has 0 spiro atoms. The van der Waals surface area contributed by atoms with Crippen LogP contribution in [0.2, 0.25) is 0 Å². The molecule has 1 saturated heterocycles. The van der Waals surface area contributed by atoms with Gasteiger partial charge in [0.1, 0.15) is 0 Å². The quantitative estimate of drug-likeness (QED) is 0.305. The van der Waals surface area contributed by atoms with E-state index in [2.05, 4.69) is 29.6 Å². The molecule has 4 aromatic rings. The second-order valence-electron chi connectivity index (χ2n) is 10.3. The number of para-hydroxylation sites is 1. The molecule has 1 unspecified atom stereocenters. The summed E-state index contributed by atoms with van der Waals surface area (Å²) in [6.45, 7) is 5.28. The first-order valence-electron chi connectivity index (χ1n) is 13.2. The van der Waals surface area contributed by atoms with Crippen molar-refractivity contribution in [2.24, 2.45) is 7.05 Å². The largest absolute Gasteiger partial charge is 0.478 e. The van der Waals surface area contributed by atoms with Crippen molar-refractivity contribution in [3.05, 3.63) is 99.3 Å². The van der Waals surface area contributed by atoms with Gasteiger partial charge in [-0.05, 0) is 65.8 Å². The summed E-state index contributed by atoms with van der Waals surface area (Å²) in [5.41, 5.74) is 5.05. The summed E-state index contributed by atoms with van der Waals surface area (Å²) in [4.78, 5) is 25.3. The van der Waals surface area contributed by atoms with Gasteiger partial charge in [0.15, 0.2) is 0 Å². The minimum Gasteiger partial charge on any atom is -0.478 e. The lowest BCUT2D eigenvalue weighted by Gasteiger charge is -2.36. The molecule has 5 rings (SSSR count). The number of rotatable bonds is 7. The zero-order valence-electron chi connectivity index (χ0n) is 22.8. The van der Waals surface area contributed by atoms with Crippen LogP contribution in [-0.4, -0.2) is 36.0 Å². The molecule has 1 fully saturated rings. The molecule has 1 atom stereocenters. The summed E-state index contributed by atoms with van der Waals surface area (Å²) in [5, 5.41) is 14.5. The molecule has 0 amide bonds. The molecule has 0 radical (unpaired) electrons. The van der Waals surface area contributed by atoms with Gasteiger partial charge in [-0.25, -0.2) is 4.79 Å². The smallest absolute Gasteiger partial charge is 0.337 e. The maximum absolute atomic E-state index is 13.6. The van der Waals surface area contributed by atoms with Crippen molar-refractivity contribution in [1.82, 2.24) is 4.57 Å². The zero-order chi connectivity index (χ0) is 27.7. The van der Waals surface area contributed by atoms with Crippen molar-refractivity contribution in [2.45, 2.75) is 38.3 Å². The number of methoxy groups -OCH3 is 1. The summed E-state index contributed by atoms with van der Waals surface area (Å²) in [6, 6.07) is 20.9. The summed E-state index contributed by atoms with van der Waals surface area (Å²) >= 11 is 0. The van der Waals surface area contributed by atoms with Gasteiger partial charge in [0.05, 0.1) is 16.9 Å². The van der Waals surface area contributed by atoms with E-state index in [-0.39, 0.29) is 22.8 Å². The predicted octanol–water partition coefficient (Wildman–Crippen LogP) is 6.04. The Morgan fingerprint density at radius 3 is 2.41 bits per heavy atom. The standard InChI is InChI=1S/C32H34N2O5/c1-20-17-25(21(2)33-28-8-6-5-7-24(28)31(36)37)26-19-29(34(3)30(35)27(26)18-20)22-9-11-23(12-10-22)32(38-4)13-15-39-16-14-32/h5-12,17-19,21,33H,13-16H2,1-4H3,(H,36,37). The van der Waals surface area contributed by atoms with Crippen LogP contribution in [0.1, 0.15) is 52.9 Å². The number of pyridine rings is 1. The van der Waals surface area contributed by atoms with E-state index >= 15 is 0 Å². The lowest BCUT2D eigenvalue weighted by molar-refractivity contribution is -0.0947. The minimum absolute atomic E-state index is 0.0764. The Hall–Kier alpha value is -3.94. The summed E-state index contributed by atoms with van der Waals surface area (Å²) in [6.07, 6.45) is 1.60. The number of aromatic nitrogens is 1. The number of anilines is 1. The molecule has 3 aromatic carbocycles. The Balaban J connectivity index is 1.58. The molecule has 0 aliphatic carbocycles. The van der Waals surface area contributed by atoms with Gasteiger partial charge in [-0.3, -0.25) is 4.79 Å². The fourth-order valence-electron chi connectivity index (χ4n) is 5.69. The molecule has 1 aliphatic heterocycles. The van der Waals surface area contributed by atoms with Gasteiger partial charge in [0.25, 0.3) is 5.56 Å². The number of nitrogens with zero attached hydrogens (tertiary/aromatic N) is 1. The molecular weight excluding hydrogens is 492 g/mol. The maximum Gasteiger partial charge on any atom is 0.337 e. The highest BCUT2D eigenvalue weighted by molar-refractivity contribution is 5.94. The zero-order valence-corrected chi connectivity index (χ0v) is 22.8. The van der Waals surface area contributed by atoms with Crippen LogP contribution in [-0.2, 0) is 22.1 Å². The van der Waals surface area contributed by atoms with Gasteiger partial charge in [0, 0.05) is 57.3 Å². The summed E-state index contributed by atoms with van der Waals surface area (Å²) in [7, 11) is 3.55. The second-order valence-corrected chi connectivity index (χ2v) is 10.3. The average Bonchev–Trinajstić information content (AvgIpc) is 2.95. The fraction of sp³-hybridized carbons (Fsp3) is 0.312. The number of ether oxygens (including phenoxy) is 2. The number of aromatic carboxylic acids is 1. The molecule has 39 heavy (non-hydrogen) atoms. The number of fused-ring (bicyclic) bond motifs is 1. The van der Waals surface area contributed by atoms with Crippen LogP contribution < -0.4 is 10.9 Å². The fourth-order valence-corrected chi connectivity index (χ4v) is 5.69. The number of hydrogen-bond donors (Lipinski definition) is 2. The van der Waals surface area contributed by atoms with Gasteiger partial charge in [-0.2, -0.15) is 0 Å². The first kappa shape index (κ1) is 26.7. The van der Waals surface area contributed by atoms with Crippen molar-refractivity contribution >= 4 is 22.4 Å². The van der Waals surface area contributed by atoms with Crippen molar-refractivity contribution in [3.8, 4) is 11.3 Å². The van der Waals surface area contributed by atoms with Crippen molar-refractivity contribution < 1.29 is 19.4 Å². The van der Waals surface area contributed by atoms with E-state index in [0.717, 1.165) is 46.2 Å². The number of nitrogens with one attached hydrogen (secondary N) is 1. The normalized spacial score (nSPS) is 15.7. The lowest BCUT2D eigenvalue weighted by Crippen LogP contribution is -2.35. The van der Waals surface area contributed by atoms with Crippen LogP contribution in [0.4, 0.5) is 5.69 Å². The molecule has 0 bridgehead atoms. The lowest BCUT2D eigenvalue weighted by atomic mass is 9.85. The first-order chi connectivity index (χ1) is 18.7. The van der Waals surface area contributed by atoms with E-state index in [9.17, 15) is 14.7 Å². The average molecular weight is 527 g/mol. The number of carboxylic acids is 1. The molecule has 2 heterocycles. The van der Waals surface area contributed by atoms with E-state index < -0.39 is 5.97 Å². The van der Waals surface area contributed by atoms with Crippen molar-refractivity contribution in [3.63, 3.8) is 0 Å². The van der Waals surface area contributed by atoms with Gasteiger partial charge in [0.2, 0.25) is 0 Å². The summed E-state index contributed by atoms with van der Waals surface area (Å²) in [5.74, 6) is -0.991. The van der Waals surface area contributed by atoms with Crippen LogP contribution in [0.25, 0.3) is 22.0 Å². The van der Waals surface area contributed by atoms with E-state index in [1.165, 1.54) is 0 Å². The van der Waals surface area contributed by atoms with Gasteiger partial charge < -0.3 is 24.5 Å². The molecule has 7 nitrogen and oxygen atoms in total. The molecule has 1 aromatic heterocycles. The van der Waals surface area contributed by atoms with E-state index in [0.29, 0.717) is 24.3 Å². The van der Waals surface area contributed by atoms with Gasteiger partial charge >= 0.3 is 5.97 Å². The third-order valence-electron chi connectivity index (χ3n) is 7.93. The Kier molecular flexibility index (Phi) is 7.30. The van der Waals surface area contributed by atoms with Crippen LogP contribution in [0.3, 0.4) is 0 Å². The summed E-state index contributed by atoms with van der Waals surface area (Å²) < 4.78 is 13.2. The highest BCUT2D eigenvalue weighted by atomic mass is 16.5. The molecule has 7 heteroatoms. The van der Waals surface area contributed by atoms with Crippen molar-refractivity contribution in [1.29, 1.82) is 0 Å². The molecular formula is C32H34N2O5. The topological polar surface area (TPSA) is 89.8 Å². The van der Waals surface area contributed by atoms with Crippen molar-refractivity contribution in [2.75, 3.05) is 25.6 Å². The monoisotopic (exact) mass is 526 g/mol. The second kappa shape index (κ2) is 10.7. The first-order valence-corrected chi connectivity index (χ1v) is 13.2. The predicted molar refractivity (Wildman–Crippen MR) is 154 cm³/mol. The number of aryl methyl sites for hydroxylation is 1. The van der Waals surface area contributed by atoms with Crippen LogP contribution in [0.15, 0.2) is 71.5 Å².